The van der Waals surface area contributed by atoms with Gasteiger partial charge in [-0.25, -0.2) is 0 Å². The Morgan fingerprint density at radius 3 is 2.67 bits per heavy atom. The average molecular weight is 163 g/mol. The second-order valence-electron chi connectivity index (χ2n) is 2.45. The first-order valence-electron chi connectivity index (χ1n) is 3.73. The molecule has 0 radical (unpaired) electrons. The third-order valence-electron chi connectivity index (χ3n) is 1.63. The second kappa shape index (κ2) is 2.87. The van der Waals surface area contributed by atoms with Gasteiger partial charge in [-0.15, -0.1) is 0 Å². The summed E-state index contributed by atoms with van der Waals surface area (Å²) in [6.45, 7) is 0.417. The van der Waals surface area contributed by atoms with E-state index in [0.29, 0.717) is 6.54 Å². The molecule has 0 aliphatic heterocycles. The van der Waals surface area contributed by atoms with Crippen molar-refractivity contribution in [1.29, 1.82) is 0 Å². The van der Waals surface area contributed by atoms with E-state index in [1.54, 1.807) is 6.26 Å². The number of hydrogen-bond acceptors (Lipinski definition) is 3. The molecule has 0 unspecified atom stereocenters. The SMILES string of the molecule is NCc1ccc(-c2ccco2)o1. The molecule has 2 heterocycles. The van der Waals surface area contributed by atoms with E-state index in [4.69, 9.17) is 14.6 Å². The highest BCUT2D eigenvalue weighted by Gasteiger charge is 2.04. The highest BCUT2D eigenvalue weighted by atomic mass is 16.4. The molecule has 2 aromatic rings. The second-order valence-corrected chi connectivity index (χ2v) is 2.45. The predicted octanol–water partition coefficient (Wildman–Crippen LogP) is 2.00. The Bertz CT molecular complexity index is 348. The van der Waals surface area contributed by atoms with E-state index >= 15 is 0 Å². The Kier molecular flexibility index (Phi) is 1.72. The zero-order chi connectivity index (χ0) is 8.39. The maximum absolute atomic E-state index is 5.39. The van der Waals surface area contributed by atoms with Crippen molar-refractivity contribution >= 4 is 0 Å². The Hall–Kier alpha value is -1.48. The van der Waals surface area contributed by atoms with Gasteiger partial charge in [0.05, 0.1) is 12.8 Å². The predicted molar refractivity (Wildman–Crippen MR) is 44.3 cm³/mol. The third kappa shape index (κ3) is 1.14. The van der Waals surface area contributed by atoms with Gasteiger partial charge in [0.2, 0.25) is 0 Å². The van der Waals surface area contributed by atoms with Crippen molar-refractivity contribution in [3.63, 3.8) is 0 Å². The topological polar surface area (TPSA) is 52.3 Å². The molecule has 12 heavy (non-hydrogen) atoms. The first kappa shape index (κ1) is 7.18. The van der Waals surface area contributed by atoms with Crippen LogP contribution in [0.1, 0.15) is 5.76 Å². The van der Waals surface area contributed by atoms with Crippen LogP contribution >= 0.6 is 0 Å². The fourth-order valence-corrected chi connectivity index (χ4v) is 1.04. The van der Waals surface area contributed by atoms with Crippen molar-refractivity contribution in [3.8, 4) is 11.5 Å². The number of hydrogen-bond donors (Lipinski definition) is 1. The minimum absolute atomic E-state index is 0.417. The Morgan fingerprint density at radius 1 is 1.17 bits per heavy atom. The fraction of sp³-hybridized carbons (Fsp3) is 0.111. The molecule has 0 bridgehead atoms. The van der Waals surface area contributed by atoms with Gasteiger partial charge in [-0.3, -0.25) is 0 Å². The molecule has 2 aromatic heterocycles. The van der Waals surface area contributed by atoms with Crippen molar-refractivity contribution in [2.24, 2.45) is 5.73 Å². The van der Waals surface area contributed by atoms with Crippen molar-refractivity contribution in [3.05, 3.63) is 36.3 Å². The summed E-state index contributed by atoms with van der Waals surface area (Å²) in [5.74, 6) is 2.22. The van der Waals surface area contributed by atoms with Crippen molar-refractivity contribution < 1.29 is 8.83 Å². The quantitative estimate of drug-likeness (QED) is 0.736. The lowest BCUT2D eigenvalue weighted by Crippen LogP contribution is -1.92. The molecule has 0 aliphatic rings. The number of furan rings is 2. The Morgan fingerprint density at radius 2 is 2.08 bits per heavy atom. The first-order chi connectivity index (χ1) is 5.90. The summed E-state index contributed by atoms with van der Waals surface area (Å²) in [5.41, 5.74) is 5.39. The van der Waals surface area contributed by atoms with Gasteiger partial charge >= 0.3 is 0 Å². The minimum atomic E-state index is 0.417. The van der Waals surface area contributed by atoms with Gasteiger partial charge in [-0.2, -0.15) is 0 Å². The van der Waals surface area contributed by atoms with Crippen LogP contribution in [0.15, 0.2) is 39.4 Å². The van der Waals surface area contributed by atoms with Gasteiger partial charge in [0.15, 0.2) is 11.5 Å². The van der Waals surface area contributed by atoms with Gasteiger partial charge < -0.3 is 14.6 Å². The molecule has 0 spiro atoms. The van der Waals surface area contributed by atoms with Crippen molar-refractivity contribution in [2.75, 3.05) is 0 Å². The standard InChI is InChI=1S/C9H9NO2/c10-6-7-3-4-9(12-7)8-2-1-5-11-8/h1-5H,6,10H2. The summed E-state index contributed by atoms with van der Waals surface area (Å²) in [4.78, 5) is 0. The van der Waals surface area contributed by atoms with Crippen LogP contribution in [0.5, 0.6) is 0 Å². The lowest BCUT2D eigenvalue weighted by Gasteiger charge is -1.89. The van der Waals surface area contributed by atoms with E-state index in [1.807, 2.05) is 24.3 Å². The van der Waals surface area contributed by atoms with Gasteiger partial charge in [-0.05, 0) is 24.3 Å². The lowest BCUT2D eigenvalue weighted by molar-refractivity contribution is 0.494. The van der Waals surface area contributed by atoms with Crippen LogP contribution in [0, 0.1) is 0 Å². The third-order valence-corrected chi connectivity index (χ3v) is 1.63. The van der Waals surface area contributed by atoms with Crippen molar-refractivity contribution in [2.45, 2.75) is 6.54 Å². The van der Waals surface area contributed by atoms with E-state index in [0.717, 1.165) is 17.3 Å². The molecular weight excluding hydrogens is 154 g/mol. The first-order valence-corrected chi connectivity index (χ1v) is 3.73. The van der Waals surface area contributed by atoms with Crippen LogP contribution in [-0.2, 0) is 6.54 Å². The summed E-state index contributed by atoms with van der Waals surface area (Å²) in [6, 6.07) is 7.36. The molecule has 2 rings (SSSR count). The van der Waals surface area contributed by atoms with E-state index in [2.05, 4.69) is 0 Å². The Labute approximate surface area is 69.8 Å². The van der Waals surface area contributed by atoms with Gasteiger partial charge in [0.1, 0.15) is 5.76 Å². The van der Waals surface area contributed by atoms with Crippen LogP contribution in [0.3, 0.4) is 0 Å². The van der Waals surface area contributed by atoms with E-state index < -0.39 is 0 Å². The molecule has 0 fully saturated rings. The highest BCUT2D eigenvalue weighted by molar-refractivity contribution is 5.49. The fourth-order valence-electron chi connectivity index (χ4n) is 1.04. The highest BCUT2D eigenvalue weighted by Crippen LogP contribution is 2.21. The molecule has 2 N–H and O–H groups in total. The summed E-state index contributed by atoms with van der Waals surface area (Å²) >= 11 is 0. The average Bonchev–Trinajstić information content (AvgIpc) is 2.75. The largest absolute Gasteiger partial charge is 0.461 e. The number of rotatable bonds is 2. The zero-order valence-electron chi connectivity index (χ0n) is 6.49. The van der Waals surface area contributed by atoms with Crippen LogP contribution in [0.25, 0.3) is 11.5 Å². The molecule has 0 saturated heterocycles. The molecule has 62 valence electrons. The van der Waals surface area contributed by atoms with Crippen LogP contribution in [0.2, 0.25) is 0 Å². The molecule has 0 aliphatic carbocycles. The summed E-state index contributed by atoms with van der Waals surface area (Å²) in [6.07, 6.45) is 1.61. The molecule has 0 aromatic carbocycles. The summed E-state index contributed by atoms with van der Waals surface area (Å²) in [7, 11) is 0. The maximum Gasteiger partial charge on any atom is 0.169 e. The minimum Gasteiger partial charge on any atom is -0.461 e. The van der Waals surface area contributed by atoms with Gasteiger partial charge in [0.25, 0.3) is 0 Å². The zero-order valence-corrected chi connectivity index (χ0v) is 6.49. The molecule has 3 nitrogen and oxygen atoms in total. The van der Waals surface area contributed by atoms with Crippen LogP contribution < -0.4 is 5.73 Å². The van der Waals surface area contributed by atoms with E-state index in [9.17, 15) is 0 Å². The van der Waals surface area contributed by atoms with E-state index in [-0.39, 0.29) is 0 Å². The molecule has 0 saturated carbocycles. The van der Waals surface area contributed by atoms with Crippen LogP contribution in [0.4, 0.5) is 0 Å². The normalized spacial score (nSPS) is 10.4. The monoisotopic (exact) mass is 163 g/mol. The maximum atomic E-state index is 5.39. The summed E-state index contributed by atoms with van der Waals surface area (Å²) < 4.78 is 10.5. The van der Waals surface area contributed by atoms with Crippen LogP contribution in [-0.4, -0.2) is 0 Å². The van der Waals surface area contributed by atoms with Gasteiger partial charge in [-0.1, -0.05) is 0 Å². The lowest BCUT2D eigenvalue weighted by atomic mass is 10.3. The molecular formula is C9H9NO2. The Balaban J connectivity index is 2.35. The number of nitrogens with two attached hydrogens (primary N) is 1. The molecule has 0 amide bonds. The smallest absolute Gasteiger partial charge is 0.169 e. The summed E-state index contributed by atoms with van der Waals surface area (Å²) in [5, 5.41) is 0. The van der Waals surface area contributed by atoms with E-state index in [1.165, 1.54) is 0 Å². The van der Waals surface area contributed by atoms with Gasteiger partial charge in [0, 0.05) is 0 Å². The molecule has 3 heteroatoms. The molecule has 0 atom stereocenters. The van der Waals surface area contributed by atoms with Crippen molar-refractivity contribution in [1.82, 2.24) is 0 Å².